The van der Waals surface area contributed by atoms with Gasteiger partial charge in [-0.05, 0) is 17.7 Å². The Morgan fingerprint density at radius 3 is 2.52 bits per heavy atom. The molecule has 0 amide bonds. The topological polar surface area (TPSA) is 29.9 Å². The van der Waals surface area contributed by atoms with Gasteiger partial charge in [0.25, 0.3) is 0 Å². The van der Waals surface area contributed by atoms with Gasteiger partial charge in [0.2, 0.25) is 0 Å². The summed E-state index contributed by atoms with van der Waals surface area (Å²) in [4.78, 5) is 0. The summed E-state index contributed by atoms with van der Waals surface area (Å²) < 4.78 is 1.94. The highest BCUT2D eigenvalue weighted by atomic mass is 35.5. The third kappa shape index (κ3) is 3.44. The smallest absolute Gasteiger partial charge is 0.0637 e. The fraction of sp³-hybridized carbons (Fsp3) is 0.118. The monoisotopic (exact) mass is 297 g/mol. The number of halogens is 1. The van der Waals surface area contributed by atoms with Crippen LogP contribution in [0.4, 0.5) is 5.69 Å². The molecule has 0 spiro atoms. The molecule has 2 aromatic carbocycles. The van der Waals surface area contributed by atoms with Gasteiger partial charge in [-0.15, -0.1) is 0 Å². The quantitative estimate of drug-likeness (QED) is 0.760. The van der Waals surface area contributed by atoms with Crippen molar-refractivity contribution in [1.82, 2.24) is 9.78 Å². The van der Waals surface area contributed by atoms with Gasteiger partial charge in [-0.2, -0.15) is 5.10 Å². The third-order valence-electron chi connectivity index (χ3n) is 3.27. The summed E-state index contributed by atoms with van der Waals surface area (Å²) in [6.45, 7) is 1.57. The number of nitrogens with one attached hydrogen (secondary N) is 1. The van der Waals surface area contributed by atoms with Gasteiger partial charge in [0.15, 0.2) is 0 Å². The molecule has 3 rings (SSSR count). The van der Waals surface area contributed by atoms with E-state index in [1.54, 1.807) is 0 Å². The summed E-state index contributed by atoms with van der Waals surface area (Å²) in [7, 11) is 0. The molecule has 1 heterocycles. The molecule has 0 unspecified atom stereocenters. The van der Waals surface area contributed by atoms with Gasteiger partial charge in [0.05, 0.1) is 23.5 Å². The number of nitrogens with zero attached hydrogens (tertiary/aromatic N) is 2. The van der Waals surface area contributed by atoms with Crippen molar-refractivity contribution in [3.63, 3.8) is 0 Å². The van der Waals surface area contributed by atoms with E-state index in [2.05, 4.69) is 28.7 Å². The highest BCUT2D eigenvalue weighted by Gasteiger charge is 2.01. The third-order valence-corrected chi connectivity index (χ3v) is 3.60. The molecule has 0 aliphatic carbocycles. The molecule has 0 bridgehead atoms. The lowest BCUT2D eigenvalue weighted by Gasteiger charge is -2.07. The number of benzene rings is 2. The van der Waals surface area contributed by atoms with E-state index >= 15 is 0 Å². The number of rotatable bonds is 5. The van der Waals surface area contributed by atoms with Crippen LogP contribution in [-0.2, 0) is 6.54 Å². The van der Waals surface area contributed by atoms with Crippen LogP contribution in [0, 0.1) is 0 Å². The lowest BCUT2D eigenvalue weighted by atomic mass is 10.1. The van der Waals surface area contributed by atoms with E-state index in [4.69, 9.17) is 11.6 Å². The van der Waals surface area contributed by atoms with Gasteiger partial charge in [0.1, 0.15) is 0 Å². The van der Waals surface area contributed by atoms with Gasteiger partial charge in [-0.1, -0.05) is 54.1 Å². The first-order chi connectivity index (χ1) is 10.3. The molecule has 1 N–H and O–H groups in total. The maximum atomic E-state index is 6.11. The van der Waals surface area contributed by atoms with E-state index in [-0.39, 0.29) is 0 Å². The van der Waals surface area contributed by atoms with Crippen LogP contribution in [0.15, 0.2) is 67.0 Å². The fourth-order valence-electron chi connectivity index (χ4n) is 2.18. The average molecular weight is 298 g/mol. The number of hydrogen-bond acceptors (Lipinski definition) is 2. The van der Waals surface area contributed by atoms with Crippen LogP contribution >= 0.6 is 11.6 Å². The summed E-state index contributed by atoms with van der Waals surface area (Å²) in [5.41, 5.74) is 3.27. The average Bonchev–Trinajstić information content (AvgIpc) is 2.99. The highest BCUT2D eigenvalue weighted by molar-refractivity contribution is 6.33. The van der Waals surface area contributed by atoms with Crippen LogP contribution in [0.1, 0.15) is 0 Å². The van der Waals surface area contributed by atoms with E-state index in [1.807, 2.05) is 53.3 Å². The Kier molecular flexibility index (Phi) is 4.22. The number of aromatic nitrogens is 2. The molecule has 0 atom stereocenters. The summed E-state index contributed by atoms with van der Waals surface area (Å²) in [6.07, 6.45) is 3.95. The minimum atomic E-state index is 0.739. The first-order valence-electron chi connectivity index (χ1n) is 6.89. The van der Waals surface area contributed by atoms with Crippen LogP contribution < -0.4 is 5.32 Å². The van der Waals surface area contributed by atoms with Gasteiger partial charge < -0.3 is 5.32 Å². The standard InChI is InChI=1S/C17H16ClN3/c18-16-8-4-5-9-17(16)19-10-11-21-13-15(12-20-21)14-6-2-1-3-7-14/h1-9,12-13,19H,10-11H2. The van der Waals surface area contributed by atoms with E-state index < -0.39 is 0 Å². The van der Waals surface area contributed by atoms with E-state index in [0.717, 1.165) is 29.4 Å². The van der Waals surface area contributed by atoms with Crippen LogP contribution in [0.3, 0.4) is 0 Å². The first-order valence-corrected chi connectivity index (χ1v) is 7.27. The van der Waals surface area contributed by atoms with Crippen LogP contribution in [0.5, 0.6) is 0 Å². The molecule has 0 saturated heterocycles. The molecule has 0 aliphatic rings. The maximum absolute atomic E-state index is 6.11. The second kappa shape index (κ2) is 6.46. The van der Waals surface area contributed by atoms with Crippen LogP contribution in [-0.4, -0.2) is 16.3 Å². The van der Waals surface area contributed by atoms with Crippen molar-refractivity contribution < 1.29 is 0 Å². The van der Waals surface area contributed by atoms with E-state index in [9.17, 15) is 0 Å². The normalized spacial score (nSPS) is 10.5. The van der Waals surface area contributed by atoms with Crippen molar-refractivity contribution in [2.75, 3.05) is 11.9 Å². The van der Waals surface area contributed by atoms with Crippen molar-refractivity contribution in [3.05, 3.63) is 72.0 Å². The molecular formula is C17H16ClN3. The Labute approximate surface area is 129 Å². The Morgan fingerprint density at radius 2 is 1.71 bits per heavy atom. The van der Waals surface area contributed by atoms with Gasteiger partial charge in [0, 0.05) is 18.3 Å². The van der Waals surface area contributed by atoms with Gasteiger partial charge >= 0.3 is 0 Å². The first kappa shape index (κ1) is 13.7. The second-order valence-electron chi connectivity index (χ2n) is 4.76. The Morgan fingerprint density at radius 1 is 0.952 bits per heavy atom. The molecule has 0 aliphatic heterocycles. The zero-order valence-corrected chi connectivity index (χ0v) is 12.3. The molecular weight excluding hydrogens is 282 g/mol. The van der Waals surface area contributed by atoms with Crippen molar-refractivity contribution in [2.24, 2.45) is 0 Å². The predicted octanol–water partition coefficient (Wildman–Crippen LogP) is 4.32. The fourth-order valence-corrected chi connectivity index (χ4v) is 2.38. The van der Waals surface area contributed by atoms with Crippen LogP contribution in [0.2, 0.25) is 5.02 Å². The largest absolute Gasteiger partial charge is 0.382 e. The molecule has 3 aromatic rings. The lowest BCUT2D eigenvalue weighted by Crippen LogP contribution is -2.10. The summed E-state index contributed by atoms with van der Waals surface area (Å²) in [5.74, 6) is 0. The van der Waals surface area contributed by atoms with Gasteiger partial charge in [-0.25, -0.2) is 0 Å². The van der Waals surface area contributed by atoms with E-state index in [1.165, 1.54) is 5.56 Å². The molecule has 4 heteroatoms. The molecule has 106 valence electrons. The lowest BCUT2D eigenvalue weighted by molar-refractivity contribution is 0.638. The number of para-hydroxylation sites is 1. The molecule has 0 saturated carbocycles. The van der Waals surface area contributed by atoms with E-state index in [0.29, 0.717) is 0 Å². The number of anilines is 1. The Bertz CT molecular complexity index is 707. The Hall–Kier alpha value is -2.26. The molecule has 0 radical (unpaired) electrons. The molecule has 3 nitrogen and oxygen atoms in total. The zero-order chi connectivity index (χ0) is 14.5. The minimum Gasteiger partial charge on any atom is -0.382 e. The second-order valence-corrected chi connectivity index (χ2v) is 5.17. The van der Waals surface area contributed by atoms with Crippen LogP contribution in [0.25, 0.3) is 11.1 Å². The van der Waals surface area contributed by atoms with Crippen molar-refractivity contribution >= 4 is 17.3 Å². The SMILES string of the molecule is Clc1ccccc1NCCn1cc(-c2ccccc2)cn1. The summed E-state index contributed by atoms with van der Waals surface area (Å²) in [5, 5.41) is 8.45. The van der Waals surface area contributed by atoms with Crippen molar-refractivity contribution in [1.29, 1.82) is 0 Å². The highest BCUT2D eigenvalue weighted by Crippen LogP contribution is 2.20. The van der Waals surface area contributed by atoms with Crippen molar-refractivity contribution in [3.8, 4) is 11.1 Å². The summed E-state index contributed by atoms with van der Waals surface area (Å²) in [6, 6.07) is 18.0. The van der Waals surface area contributed by atoms with Crippen molar-refractivity contribution in [2.45, 2.75) is 6.54 Å². The van der Waals surface area contributed by atoms with Gasteiger partial charge in [-0.3, -0.25) is 4.68 Å². The molecule has 21 heavy (non-hydrogen) atoms. The molecule has 0 fully saturated rings. The summed E-state index contributed by atoms with van der Waals surface area (Å²) >= 11 is 6.11. The Balaban J connectivity index is 1.60. The molecule has 1 aromatic heterocycles. The minimum absolute atomic E-state index is 0.739. The number of hydrogen-bond donors (Lipinski definition) is 1. The predicted molar refractivity (Wildman–Crippen MR) is 87.6 cm³/mol. The zero-order valence-electron chi connectivity index (χ0n) is 11.5. The maximum Gasteiger partial charge on any atom is 0.0637 e.